The zero-order valence-electron chi connectivity index (χ0n) is 17.3. The van der Waals surface area contributed by atoms with Crippen LogP contribution in [0.25, 0.3) is 22.8 Å². The predicted molar refractivity (Wildman–Crippen MR) is 116 cm³/mol. The molecule has 0 saturated carbocycles. The smallest absolute Gasteiger partial charge is 0.262 e. The van der Waals surface area contributed by atoms with Crippen LogP contribution >= 0.6 is 0 Å². The first-order valence-corrected chi connectivity index (χ1v) is 10.3. The van der Waals surface area contributed by atoms with Crippen molar-refractivity contribution in [2.45, 2.75) is 25.8 Å². The third-order valence-corrected chi connectivity index (χ3v) is 5.23. The molecule has 1 unspecified atom stereocenters. The van der Waals surface area contributed by atoms with Gasteiger partial charge in [0, 0.05) is 30.2 Å². The van der Waals surface area contributed by atoms with Crippen LogP contribution in [-0.2, 0) is 0 Å². The number of pyridine rings is 2. The van der Waals surface area contributed by atoms with Gasteiger partial charge in [-0.05, 0) is 38.0 Å². The van der Waals surface area contributed by atoms with E-state index in [9.17, 15) is 4.79 Å². The van der Waals surface area contributed by atoms with Crippen molar-refractivity contribution in [1.29, 1.82) is 0 Å². The molecular formula is C22H20N8O2. The molecule has 32 heavy (non-hydrogen) atoms. The van der Waals surface area contributed by atoms with Gasteiger partial charge in [0.2, 0.25) is 5.88 Å². The predicted octanol–water partition coefficient (Wildman–Crippen LogP) is 3.18. The molecule has 5 heterocycles. The lowest BCUT2D eigenvalue weighted by atomic mass is 10.1. The standard InChI is InChI=1S/C22H20N8O2/c1-14-4-3-9-32-22-16(10-15(11-25-22)18-12-23-7-8-24-18)21(31)28-19-6-2-5-17(27-19)20-29-26-13-30(14)20/h2,5-8,10-14H,3-4,9H2,1H3,(H,27,28,31). The van der Waals surface area contributed by atoms with Gasteiger partial charge in [-0.3, -0.25) is 14.8 Å². The van der Waals surface area contributed by atoms with Crippen LogP contribution in [0.1, 0.15) is 36.2 Å². The van der Waals surface area contributed by atoms with E-state index in [1.54, 1.807) is 43.2 Å². The Bertz CT molecular complexity index is 1260. The minimum absolute atomic E-state index is 0.151. The van der Waals surface area contributed by atoms with Crippen molar-refractivity contribution in [1.82, 2.24) is 34.7 Å². The van der Waals surface area contributed by atoms with Crippen molar-refractivity contribution in [3.63, 3.8) is 0 Å². The van der Waals surface area contributed by atoms with Crippen LogP contribution in [0.2, 0.25) is 0 Å². The van der Waals surface area contributed by atoms with Crippen molar-refractivity contribution in [2.24, 2.45) is 0 Å². The number of nitrogens with one attached hydrogen (secondary N) is 1. The Labute approximate surface area is 183 Å². The van der Waals surface area contributed by atoms with Gasteiger partial charge in [0.1, 0.15) is 23.4 Å². The third kappa shape index (κ3) is 3.89. The average Bonchev–Trinajstić information content (AvgIpc) is 3.32. The topological polar surface area (TPSA) is 121 Å². The molecule has 4 aromatic heterocycles. The van der Waals surface area contributed by atoms with Crippen LogP contribution in [0.15, 0.2) is 55.4 Å². The van der Waals surface area contributed by atoms with Gasteiger partial charge in [-0.15, -0.1) is 10.2 Å². The minimum Gasteiger partial charge on any atom is -0.477 e. The van der Waals surface area contributed by atoms with Crippen molar-refractivity contribution < 1.29 is 9.53 Å². The highest BCUT2D eigenvalue weighted by atomic mass is 16.5. The highest BCUT2D eigenvalue weighted by molar-refractivity contribution is 6.06. The molecule has 0 spiro atoms. The lowest BCUT2D eigenvalue weighted by Gasteiger charge is -2.17. The molecule has 0 radical (unpaired) electrons. The van der Waals surface area contributed by atoms with E-state index in [1.807, 2.05) is 16.7 Å². The van der Waals surface area contributed by atoms with Gasteiger partial charge in [0.15, 0.2) is 5.82 Å². The van der Waals surface area contributed by atoms with Gasteiger partial charge in [0.05, 0.1) is 18.5 Å². The second-order valence-electron chi connectivity index (χ2n) is 7.43. The quantitative estimate of drug-likeness (QED) is 0.491. The van der Waals surface area contributed by atoms with Crippen molar-refractivity contribution >= 4 is 11.7 Å². The van der Waals surface area contributed by atoms with Gasteiger partial charge in [0.25, 0.3) is 5.91 Å². The summed E-state index contributed by atoms with van der Waals surface area (Å²) < 4.78 is 7.88. The second-order valence-corrected chi connectivity index (χ2v) is 7.43. The van der Waals surface area contributed by atoms with Crippen LogP contribution in [0, 0.1) is 0 Å². The van der Waals surface area contributed by atoms with Crippen LogP contribution in [0.5, 0.6) is 5.88 Å². The van der Waals surface area contributed by atoms with E-state index in [0.29, 0.717) is 40.8 Å². The molecule has 0 aromatic carbocycles. The molecule has 1 atom stereocenters. The monoisotopic (exact) mass is 428 g/mol. The summed E-state index contributed by atoms with van der Waals surface area (Å²) in [5.41, 5.74) is 2.21. The Morgan fingerprint density at radius 2 is 2.09 bits per heavy atom. The van der Waals surface area contributed by atoms with Crippen molar-refractivity contribution in [3.05, 3.63) is 60.9 Å². The highest BCUT2D eigenvalue weighted by Crippen LogP contribution is 2.26. The Morgan fingerprint density at radius 1 is 1.16 bits per heavy atom. The summed E-state index contributed by atoms with van der Waals surface area (Å²) in [6, 6.07) is 7.24. The number of fused-ring (bicyclic) bond motifs is 5. The molecule has 0 fully saturated rings. The summed E-state index contributed by atoms with van der Waals surface area (Å²) >= 11 is 0. The van der Waals surface area contributed by atoms with Crippen LogP contribution in [-0.4, -0.2) is 47.2 Å². The van der Waals surface area contributed by atoms with E-state index in [-0.39, 0.29) is 17.8 Å². The fraction of sp³-hybridized carbons (Fsp3) is 0.227. The Morgan fingerprint density at radius 3 is 2.97 bits per heavy atom. The van der Waals surface area contributed by atoms with Crippen molar-refractivity contribution in [2.75, 3.05) is 11.9 Å². The summed E-state index contributed by atoms with van der Waals surface area (Å²) in [7, 11) is 0. The van der Waals surface area contributed by atoms with E-state index in [0.717, 1.165) is 12.8 Å². The fourth-order valence-corrected chi connectivity index (χ4v) is 3.57. The van der Waals surface area contributed by atoms with Gasteiger partial charge in [-0.1, -0.05) is 6.07 Å². The molecule has 1 amide bonds. The summed E-state index contributed by atoms with van der Waals surface area (Å²) in [5.74, 6) is 0.928. The zero-order chi connectivity index (χ0) is 21.9. The molecule has 160 valence electrons. The van der Waals surface area contributed by atoms with Crippen LogP contribution < -0.4 is 10.1 Å². The number of anilines is 1. The maximum atomic E-state index is 13.2. The number of rotatable bonds is 1. The average molecular weight is 428 g/mol. The van der Waals surface area contributed by atoms with Crippen LogP contribution in [0.4, 0.5) is 5.82 Å². The van der Waals surface area contributed by atoms with Gasteiger partial charge >= 0.3 is 0 Å². The number of nitrogens with zero attached hydrogens (tertiary/aromatic N) is 7. The van der Waals surface area contributed by atoms with E-state index in [1.165, 1.54) is 0 Å². The number of carbonyl (C=O) groups excluding carboxylic acids is 1. The van der Waals surface area contributed by atoms with Crippen LogP contribution in [0.3, 0.4) is 0 Å². The van der Waals surface area contributed by atoms with Gasteiger partial charge in [-0.25, -0.2) is 9.97 Å². The molecule has 2 bridgehead atoms. The Balaban J connectivity index is 1.55. The largest absolute Gasteiger partial charge is 0.477 e. The Kier molecular flexibility index (Phi) is 5.24. The molecular weight excluding hydrogens is 408 g/mol. The van der Waals surface area contributed by atoms with Gasteiger partial charge in [-0.2, -0.15) is 0 Å². The normalized spacial score (nSPS) is 16.2. The summed E-state index contributed by atoms with van der Waals surface area (Å²) in [4.78, 5) is 30.5. The minimum atomic E-state index is -0.380. The molecule has 1 aliphatic rings. The maximum Gasteiger partial charge on any atom is 0.262 e. The molecule has 10 nitrogen and oxygen atoms in total. The highest BCUT2D eigenvalue weighted by Gasteiger charge is 2.20. The third-order valence-electron chi connectivity index (χ3n) is 5.23. The molecule has 1 aliphatic heterocycles. The second kappa shape index (κ2) is 8.50. The first kappa shape index (κ1) is 19.7. The molecule has 0 aliphatic carbocycles. The van der Waals surface area contributed by atoms with Crippen molar-refractivity contribution in [3.8, 4) is 28.7 Å². The first-order chi connectivity index (χ1) is 15.7. The molecule has 1 N–H and O–H groups in total. The van der Waals surface area contributed by atoms with E-state index < -0.39 is 0 Å². The lowest BCUT2D eigenvalue weighted by molar-refractivity contribution is 0.102. The Hall–Kier alpha value is -4.21. The molecule has 5 rings (SSSR count). The number of amides is 1. The fourth-order valence-electron chi connectivity index (χ4n) is 3.57. The summed E-state index contributed by atoms with van der Waals surface area (Å²) in [5, 5.41) is 11.1. The van der Waals surface area contributed by atoms with E-state index >= 15 is 0 Å². The zero-order valence-corrected chi connectivity index (χ0v) is 17.3. The first-order valence-electron chi connectivity index (χ1n) is 10.3. The maximum absolute atomic E-state index is 13.2. The number of aromatic nitrogens is 7. The number of hydrogen-bond donors (Lipinski definition) is 1. The number of carbonyl (C=O) groups is 1. The van der Waals surface area contributed by atoms with Gasteiger partial charge < -0.3 is 14.6 Å². The number of hydrogen-bond acceptors (Lipinski definition) is 8. The summed E-state index contributed by atoms with van der Waals surface area (Å²) in [6.45, 7) is 2.52. The van der Waals surface area contributed by atoms with E-state index in [2.05, 4.69) is 42.4 Å². The molecule has 10 heteroatoms. The SMILES string of the molecule is CC1CCCOc2ncc(-c3cnccn3)cc2C(=O)Nc2cccc(n2)-c2nncn21. The molecule has 4 aromatic rings. The van der Waals surface area contributed by atoms with E-state index in [4.69, 9.17) is 4.74 Å². The molecule has 0 saturated heterocycles. The lowest BCUT2D eigenvalue weighted by Crippen LogP contribution is -2.17. The number of ether oxygens (including phenoxy) is 1. The summed E-state index contributed by atoms with van der Waals surface area (Å²) in [6.07, 6.45) is 9.73.